The Morgan fingerprint density at radius 1 is 1.12 bits per heavy atom. The largest absolute Gasteiger partial charge is 0.493 e. The molecule has 3 aliphatic rings. The van der Waals surface area contributed by atoms with Gasteiger partial charge in [0, 0.05) is 57.2 Å². The molecule has 234 valence electrons. The van der Waals surface area contributed by atoms with Gasteiger partial charge in [0.05, 0.1) is 7.11 Å². The van der Waals surface area contributed by atoms with Crippen molar-refractivity contribution < 1.29 is 19.0 Å². The lowest BCUT2D eigenvalue weighted by Gasteiger charge is -2.36. The number of benzene rings is 2. The van der Waals surface area contributed by atoms with Crippen molar-refractivity contribution in [2.75, 3.05) is 33.3 Å². The second kappa shape index (κ2) is 13.7. The Labute approximate surface area is 258 Å². The maximum atomic E-state index is 14.3. The molecular formula is C36H51N3O4. The molecule has 7 heteroatoms. The monoisotopic (exact) mass is 589 g/mol. The average molecular weight is 590 g/mol. The first-order valence-corrected chi connectivity index (χ1v) is 16.2. The third kappa shape index (κ3) is 8.12. The van der Waals surface area contributed by atoms with Crippen LogP contribution in [-0.4, -0.2) is 72.9 Å². The summed E-state index contributed by atoms with van der Waals surface area (Å²) in [5.74, 6) is 1.54. The van der Waals surface area contributed by atoms with Crippen molar-refractivity contribution in [3.05, 3.63) is 59.2 Å². The zero-order valence-corrected chi connectivity index (χ0v) is 27.0. The number of methoxy groups -OCH3 is 1. The molecule has 1 amide bonds. The van der Waals surface area contributed by atoms with E-state index in [9.17, 15) is 4.79 Å². The molecule has 1 atom stereocenters. The molecule has 2 heterocycles. The summed E-state index contributed by atoms with van der Waals surface area (Å²) in [6.07, 6.45) is 9.57. The minimum atomic E-state index is -0.805. The van der Waals surface area contributed by atoms with Crippen molar-refractivity contribution >= 4 is 12.0 Å². The van der Waals surface area contributed by atoms with E-state index in [4.69, 9.17) is 14.2 Å². The number of amides is 1. The second-order valence-corrected chi connectivity index (χ2v) is 13.5. The summed E-state index contributed by atoms with van der Waals surface area (Å²) in [6.45, 7) is 13.8. The number of hydrogen-bond acceptors (Lipinski definition) is 6. The molecule has 2 fully saturated rings. The fourth-order valence-corrected chi connectivity index (χ4v) is 7.05. The summed E-state index contributed by atoms with van der Waals surface area (Å²) in [7, 11) is 1.60. The topological polar surface area (TPSA) is 63.3 Å². The predicted octanol–water partition coefficient (Wildman–Crippen LogP) is 6.77. The molecule has 0 radical (unpaired) electrons. The number of fused-ring (bicyclic) bond motifs is 1. The van der Waals surface area contributed by atoms with E-state index in [2.05, 4.69) is 49.2 Å². The Hall–Kier alpha value is -3.03. The highest BCUT2D eigenvalue weighted by Gasteiger charge is 2.37. The van der Waals surface area contributed by atoms with Crippen molar-refractivity contribution in [1.29, 1.82) is 0 Å². The van der Waals surface area contributed by atoms with Gasteiger partial charge in [-0.15, -0.1) is 0 Å². The van der Waals surface area contributed by atoms with Crippen LogP contribution in [0, 0.1) is 5.92 Å². The van der Waals surface area contributed by atoms with Crippen molar-refractivity contribution in [2.45, 2.75) is 97.1 Å². The Kier molecular flexibility index (Phi) is 10.0. The highest BCUT2D eigenvalue weighted by atomic mass is 16.7. The SMILES string of the molecule is COc1cc(C(=O)N(C/C(C)=C/c2ccccc2)CC2CCCN2CC2CCC(NC(C)C)CC2)cc2c1OC(C)(C)O2. The highest BCUT2D eigenvalue weighted by Crippen LogP contribution is 2.47. The van der Waals surface area contributed by atoms with Crippen LogP contribution < -0.4 is 19.5 Å². The molecular weight excluding hydrogens is 538 g/mol. The molecule has 7 nitrogen and oxygen atoms in total. The van der Waals surface area contributed by atoms with Gasteiger partial charge < -0.3 is 24.4 Å². The minimum Gasteiger partial charge on any atom is -0.493 e. The van der Waals surface area contributed by atoms with Crippen molar-refractivity contribution in [3.63, 3.8) is 0 Å². The number of hydrogen-bond donors (Lipinski definition) is 1. The predicted molar refractivity (Wildman–Crippen MR) is 173 cm³/mol. The Morgan fingerprint density at radius 3 is 2.56 bits per heavy atom. The smallest absolute Gasteiger partial charge is 0.254 e. The van der Waals surface area contributed by atoms with Crippen LogP contribution in [0.4, 0.5) is 0 Å². The van der Waals surface area contributed by atoms with Crippen LogP contribution >= 0.6 is 0 Å². The first-order valence-electron chi connectivity index (χ1n) is 16.2. The number of rotatable bonds is 11. The molecule has 1 saturated carbocycles. The van der Waals surface area contributed by atoms with Gasteiger partial charge in [0.2, 0.25) is 11.5 Å². The third-order valence-corrected chi connectivity index (χ3v) is 8.97. The fourth-order valence-electron chi connectivity index (χ4n) is 7.05. The maximum absolute atomic E-state index is 14.3. The van der Waals surface area contributed by atoms with Crippen molar-refractivity contribution in [3.8, 4) is 17.2 Å². The zero-order chi connectivity index (χ0) is 30.6. The lowest BCUT2D eigenvalue weighted by atomic mass is 9.85. The van der Waals surface area contributed by atoms with Crippen LogP contribution in [0.3, 0.4) is 0 Å². The number of ether oxygens (including phenoxy) is 3. The molecule has 1 aliphatic carbocycles. The van der Waals surface area contributed by atoms with Crippen LogP contribution in [0.5, 0.6) is 17.2 Å². The van der Waals surface area contributed by atoms with E-state index in [1.54, 1.807) is 13.2 Å². The second-order valence-electron chi connectivity index (χ2n) is 13.5. The summed E-state index contributed by atoms with van der Waals surface area (Å²) in [5, 5.41) is 3.73. The number of nitrogens with one attached hydrogen (secondary N) is 1. The number of carbonyl (C=O) groups excluding carboxylic acids is 1. The van der Waals surface area contributed by atoms with E-state index < -0.39 is 5.79 Å². The van der Waals surface area contributed by atoms with Gasteiger partial charge in [0.25, 0.3) is 5.91 Å². The van der Waals surface area contributed by atoms with Gasteiger partial charge in [0.1, 0.15) is 0 Å². The molecule has 2 aromatic rings. The fraction of sp³-hybridized carbons (Fsp3) is 0.583. The van der Waals surface area contributed by atoms with Crippen LogP contribution in [0.15, 0.2) is 48.0 Å². The van der Waals surface area contributed by atoms with E-state index in [1.165, 1.54) is 32.1 Å². The van der Waals surface area contributed by atoms with E-state index in [1.807, 2.05) is 43.0 Å². The molecule has 1 saturated heterocycles. The maximum Gasteiger partial charge on any atom is 0.254 e. The summed E-state index contributed by atoms with van der Waals surface area (Å²) < 4.78 is 17.6. The average Bonchev–Trinajstić information content (AvgIpc) is 3.54. The quantitative estimate of drug-likeness (QED) is 0.312. The molecule has 1 unspecified atom stereocenters. The number of nitrogens with zero attached hydrogens (tertiary/aromatic N) is 2. The molecule has 2 aliphatic heterocycles. The summed E-state index contributed by atoms with van der Waals surface area (Å²) >= 11 is 0. The van der Waals surface area contributed by atoms with Crippen LogP contribution in [0.1, 0.15) is 89.1 Å². The van der Waals surface area contributed by atoms with Gasteiger partial charge in [-0.3, -0.25) is 9.69 Å². The molecule has 0 aromatic heterocycles. The summed E-state index contributed by atoms with van der Waals surface area (Å²) in [4.78, 5) is 19.0. The van der Waals surface area contributed by atoms with Crippen LogP contribution in [-0.2, 0) is 0 Å². The van der Waals surface area contributed by atoms with Gasteiger partial charge >= 0.3 is 0 Å². The standard InChI is InChI=1S/C36H51N3O4/c1-25(2)37-30-16-14-28(15-17-30)23-38-18-10-13-31(38)24-39(22-26(3)19-27-11-8-7-9-12-27)35(40)29-20-32(41-6)34-33(21-29)42-36(4,5)43-34/h7-9,11-12,19-21,25,28,30-31,37H,10,13-18,22-24H2,1-6H3/b26-19+. The van der Waals surface area contributed by atoms with E-state index in [-0.39, 0.29) is 5.91 Å². The van der Waals surface area contributed by atoms with Gasteiger partial charge in [-0.1, -0.05) is 55.8 Å². The molecule has 0 spiro atoms. The molecule has 0 bridgehead atoms. The van der Waals surface area contributed by atoms with E-state index >= 15 is 0 Å². The third-order valence-electron chi connectivity index (χ3n) is 8.97. The van der Waals surface area contributed by atoms with Crippen molar-refractivity contribution in [2.24, 2.45) is 5.92 Å². The van der Waals surface area contributed by atoms with Crippen LogP contribution in [0.25, 0.3) is 6.08 Å². The number of carbonyl (C=O) groups is 1. The minimum absolute atomic E-state index is 0.0117. The summed E-state index contributed by atoms with van der Waals surface area (Å²) in [5.41, 5.74) is 2.85. The molecule has 43 heavy (non-hydrogen) atoms. The Bertz CT molecular complexity index is 1270. The first kappa shape index (κ1) is 31.4. The van der Waals surface area contributed by atoms with Gasteiger partial charge in [-0.25, -0.2) is 0 Å². The van der Waals surface area contributed by atoms with E-state index in [0.29, 0.717) is 54.0 Å². The zero-order valence-electron chi connectivity index (χ0n) is 27.0. The van der Waals surface area contributed by atoms with Crippen LogP contribution in [0.2, 0.25) is 0 Å². The van der Waals surface area contributed by atoms with Gasteiger partial charge in [0.15, 0.2) is 11.5 Å². The molecule has 2 aromatic carbocycles. The first-order chi connectivity index (χ1) is 20.6. The Morgan fingerprint density at radius 2 is 1.86 bits per heavy atom. The van der Waals surface area contributed by atoms with E-state index in [0.717, 1.165) is 36.6 Å². The lowest BCUT2D eigenvalue weighted by Crippen LogP contribution is -2.46. The Balaban J connectivity index is 1.33. The van der Waals surface area contributed by atoms with Gasteiger partial charge in [-0.2, -0.15) is 0 Å². The highest BCUT2D eigenvalue weighted by molar-refractivity contribution is 5.96. The molecule has 1 N–H and O–H groups in total. The van der Waals surface area contributed by atoms with Gasteiger partial charge in [-0.05, 0) is 75.6 Å². The molecule has 5 rings (SSSR count). The van der Waals surface area contributed by atoms with Crippen molar-refractivity contribution in [1.82, 2.24) is 15.1 Å². The normalized spacial score (nSPS) is 23.5. The lowest BCUT2D eigenvalue weighted by molar-refractivity contribution is -0.0439. The summed E-state index contributed by atoms with van der Waals surface area (Å²) in [6, 6.07) is 15.5. The number of likely N-dealkylation sites (tertiary alicyclic amines) is 1.